The van der Waals surface area contributed by atoms with Gasteiger partial charge in [-0.25, -0.2) is 9.96 Å². The van der Waals surface area contributed by atoms with Gasteiger partial charge >= 0.3 is 0 Å². The third-order valence-electron chi connectivity index (χ3n) is 5.61. The molecular formula is C24H19ClN2O3. The van der Waals surface area contributed by atoms with Gasteiger partial charge in [0, 0.05) is 5.02 Å². The van der Waals surface area contributed by atoms with Crippen LogP contribution in [0.25, 0.3) is 0 Å². The van der Waals surface area contributed by atoms with Crippen LogP contribution in [0.5, 0.6) is 0 Å². The molecule has 2 aliphatic rings. The Balaban J connectivity index is 1.59. The first kappa shape index (κ1) is 18.9. The fourth-order valence-electron chi connectivity index (χ4n) is 4.19. The van der Waals surface area contributed by atoms with E-state index >= 15 is 0 Å². The first-order chi connectivity index (χ1) is 14.5. The quantitative estimate of drug-likeness (QED) is 0.578. The SMILES string of the molecule is Cc1ccc(N2C(=O)[C@@H]3[C@@H](c4cccc(Cl)c4)N(c4ccccc4)O[C@H]3C2=O)cc1. The zero-order valence-electron chi connectivity index (χ0n) is 16.2. The van der Waals surface area contributed by atoms with Crippen molar-refractivity contribution in [3.8, 4) is 0 Å². The Bertz CT molecular complexity index is 1120. The van der Waals surface area contributed by atoms with Gasteiger partial charge in [-0.3, -0.25) is 14.4 Å². The lowest BCUT2D eigenvalue weighted by Crippen LogP contribution is -2.37. The molecule has 0 unspecified atom stereocenters. The normalized spacial score (nSPS) is 23.2. The first-order valence-electron chi connectivity index (χ1n) is 9.75. The fraction of sp³-hybridized carbons (Fsp3) is 0.167. The predicted molar refractivity (Wildman–Crippen MR) is 115 cm³/mol. The highest BCUT2D eigenvalue weighted by atomic mass is 35.5. The molecule has 0 N–H and O–H groups in total. The van der Waals surface area contributed by atoms with Crippen LogP contribution in [0.4, 0.5) is 11.4 Å². The number of imide groups is 1. The maximum atomic E-state index is 13.5. The van der Waals surface area contributed by atoms with E-state index in [4.69, 9.17) is 16.4 Å². The number of aryl methyl sites for hydroxylation is 1. The minimum Gasteiger partial charge on any atom is -0.273 e. The Morgan fingerprint density at radius 1 is 0.833 bits per heavy atom. The van der Waals surface area contributed by atoms with Crippen LogP contribution in [0.3, 0.4) is 0 Å². The number of hydrogen-bond donors (Lipinski definition) is 0. The molecule has 30 heavy (non-hydrogen) atoms. The molecule has 2 saturated heterocycles. The van der Waals surface area contributed by atoms with Gasteiger partial charge in [-0.1, -0.05) is 59.6 Å². The monoisotopic (exact) mass is 418 g/mol. The van der Waals surface area contributed by atoms with E-state index in [0.717, 1.165) is 16.8 Å². The maximum Gasteiger partial charge on any atom is 0.266 e. The van der Waals surface area contributed by atoms with Crippen molar-refractivity contribution in [1.82, 2.24) is 0 Å². The molecule has 0 aliphatic carbocycles. The number of fused-ring (bicyclic) bond motifs is 1. The zero-order valence-corrected chi connectivity index (χ0v) is 17.0. The lowest BCUT2D eigenvalue weighted by atomic mass is 9.90. The van der Waals surface area contributed by atoms with Crippen LogP contribution in [-0.4, -0.2) is 17.9 Å². The van der Waals surface area contributed by atoms with Gasteiger partial charge in [0.2, 0.25) is 5.91 Å². The highest BCUT2D eigenvalue weighted by Crippen LogP contribution is 2.47. The molecule has 0 radical (unpaired) electrons. The summed E-state index contributed by atoms with van der Waals surface area (Å²) in [5.74, 6) is -1.28. The molecule has 3 aromatic carbocycles. The summed E-state index contributed by atoms with van der Waals surface area (Å²) < 4.78 is 0. The molecule has 150 valence electrons. The summed E-state index contributed by atoms with van der Waals surface area (Å²) in [6, 6.07) is 23.7. The van der Waals surface area contributed by atoms with Crippen molar-refractivity contribution in [2.45, 2.75) is 19.1 Å². The minimum absolute atomic E-state index is 0.266. The van der Waals surface area contributed by atoms with Crippen LogP contribution < -0.4 is 9.96 Å². The van der Waals surface area contributed by atoms with E-state index in [2.05, 4.69) is 0 Å². The molecule has 0 spiro atoms. The molecule has 5 rings (SSSR count). The summed E-state index contributed by atoms with van der Waals surface area (Å²) in [6.07, 6.45) is -0.886. The number of anilines is 2. The van der Waals surface area contributed by atoms with Gasteiger partial charge in [0.05, 0.1) is 17.4 Å². The molecule has 3 aromatic rings. The molecule has 0 saturated carbocycles. The van der Waals surface area contributed by atoms with E-state index in [9.17, 15) is 9.59 Å². The van der Waals surface area contributed by atoms with Crippen LogP contribution in [0.15, 0.2) is 78.9 Å². The molecule has 0 aromatic heterocycles. The lowest BCUT2D eigenvalue weighted by molar-refractivity contribution is -0.126. The van der Waals surface area contributed by atoms with Crippen molar-refractivity contribution in [3.05, 3.63) is 95.0 Å². The van der Waals surface area contributed by atoms with E-state index in [1.54, 1.807) is 23.3 Å². The average molecular weight is 419 g/mol. The highest BCUT2D eigenvalue weighted by molar-refractivity contribution is 6.30. The van der Waals surface area contributed by atoms with Gasteiger partial charge < -0.3 is 0 Å². The standard InChI is InChI=1S/C24H19ClN2O3/c1-15-10-12-18(13-11-15)26-23(28)20-21(16-6-5-7-17(25)14-16)27(30-22(20)24(26)29)19-8-3-2-4-9-19/h2-14,20-22H,1H3/t20-,21-,22-/m1/s1. The molecule has 2 fully saturated rings. The number of hydroxylamine groups is 1. The summed E-state index contributed by atoms with van der Waals surface area (Å²) in [5, 5.41) is 2.24. The number of rotatable bonds is 3. The van der Waals surface area contributed by atoms with Gasteiger partial charge in [0.15, 0.2) is 6.10 Å². The molecule has 2 amide bonds. The van der Waals surface area contributed by atoms with Gasteiger partial charge in [0.25, 0.3) is 5.91 Å². The van der Waals surface area contributed by atoms with E-state index in [0.29, 0.717) is 10.7 Å². The van der Waals surface area contributed by atoms with Gasteiger partial charge in [-0.2, -0.15) is 0 Å². The number of nitrogens with zero attached hydrogens (tertiary/aromatic N) is 2. The van der Waals surface area contributed by atoms with Crippen molar-refractivity contribution >= 4 is 34.8 Å². The van der Waals surface area contributed by atoms with Crippen molar-refractivity contribution in [3.63, 3.8) is 0 Å². The number of benzene rings is 3. The van der Waals surface area contributed by atoms with Crippen LogP contribution in [0.1, 0.15) is 17.2 Å². The van der Waals surface area contributed by atoms with E-state index in [1.165, 1.54) is 4.90 Å². The zero-order chi connectivity index (χ0) is 20.8. The minimum atomic E-state index is -0.886. The molecule has 2 heterocycles. The number of hydrogen-bond acceptors (Lipinski definition) is 4. The smallest absolute Gasteiger partial charge is 0.266 e. The number of carbonyl (C=O) groups excluding carboxylic acids is 2. The van der Waals surface area contributed by atoms with E-state index in [1.807, 2.05) is 67.6 Å². The van der Waals surface area contributed by atoms with Crippen LogP contribution in [0.2, 0.25) is 5.02 Å². The Kier molecular flexibility index (Phi) is 4.57. The molecule has 2 aliphatic heterocycles. The van der Waals surface area contributed by atoms with Crippen molar-refractivity contribution in [2.24, 2.45) is 5.92 Å². The van der Waals surface area contributed by atoms with Gasteiger partial charge in [-0.15, -0.1) is 0 Å². The first-order valence-corrected chi connectivity index (χ1v) is 10.1. The Morgan fingerprint density at radius 2 is 1.57 bits per heavy atom. The second-order valence-electron chi connectivity index (χ2n) is 7.56. The number of para-hydroxylation sites is 1. The average Bonchev–Trinajstić information content (AvgIpc) is 3.26. The Labute approximate surface area is 179 Å². The summed E-state index contributed by atoms with van der Waals surface area (Å²) in [7, 11) is 0. The summed E-state index contributed by atoms with van der Waals surface area (Å²) >= 11 is 6.24. The topological polar surface area (TPSA) is 49.9 Å². The van der Waals surface area contributed by atoms with E-state index < -0.39 is 18.1 Å². The second-order valence-corrected chi connectivity index (χ2v) is 8.00. The van der Waals surface area contributed by atoms with Gasteiger partial charge in [-0.05, 0) is 48.9 Å². The van der Waals surface area contributed by atoms with E-state index in [-0.39, 0.29) is 11.8 Å². The third kappa shape index (κ3) is 2.98. The van der Waals surface area contributed by atoms with Crippen LogP contribution in [-0.2, 0) is 14.4 Å². The largest absolute Gasteiger partial charge is 0.273 e. The predicted octanol–water partition coefficient (Wildman–Crippen LogP) is 4.70. The van der Waals surface area contributed by atoms with Crippen molar-refractivity contribution in [1.29, 1.82) is 0 Å². The van der Waals surface area contributed by atoms with Crippen molar-refractivity contribution < 1.29 is 14.4 Å². The van der Waals surface area contributed by atoms with Crippen molar-refractivity contribution in [2.75, 3.05) is 9.96 Å². The number of amides is 2. The third-order valence-corrected chi connectivity index (χ3v) is 5.84. The summed E-state index contributed by atoms with van der Waals surface area (Å²) in [5.41, 5.74) is 3.22. The highest BCUT2D eigenvalue weighted by Gasteiger charge is 2.60. The molecule has 0 bridgehead atoms. The second kappa shape index (κ2) is 7.27. The summed E-state index contributed by atoms with van der Waals surface area (Å²) in [4.78, 5) is 34.1. The lowest BCUT2D eigenvalue weighted by Gasteiger charge is -2.28. The Morgan fingerprint density at radius 3 is 2.27 bits per heavy atom. The van der Waals surface area contributed by atoms with Crippen LogP contribution in [0, 0.1) is 12.8 Å². The molecule has 6 heteroatoms. The fourth-order valence-corrected chi connectivity index (χ4v) is 4.39. The Hall–Kier alpha value is -3.15. The molecular weight excluding hydrogens is 400 g/mol. The van der Waals surface area contributed by atoms with Gasteiger partial charge in [0.1, 0.15) is 5.92 Å². The summed E-state index contributed by atoms with van der Waals surface area (Å²) in [6.45, 7) is 1.96. The maximum absolute atomic E-state index is 13.5. The molecule has 3 atom stereocenters. The molecule has 5 nitrogen and oxygen atoms in total. The van der Waals surface area contributed by atoms with Crippen LogP contribution >= 0.6 is 11.6 Å². The number of halogens is 1. The number of carbonyl (C=O) groups is 2.